The van der Waals surface area contributed by atoms with Gasteiger partial charge in [0.05, 0.1) is 18.8 Å². The van der Waals surface area contributed by atoms with Crippen LogP contribution in [0.15, 0.2) is 24.3 Å². The lowest BCUT2D eigenvalue weighted by atomic mass is 9.85. The summed E-state index contributed by atoms with van der Waals surface area (Å²) in [6, 6.07) is 8.57. The van der Waals surface area contributed by atoms with Crippen LogP contribution in [-0.4, -0.2) is 28.1 Å². The molecule has 168 valence electrons. The number of carboxylic acid groups (broad SMARTS) is 1. The van der Waals surface area contributed by atoms with E-state index in [0.717, 1.165) is 38.5 Å². The molecule has 4 nitrogen and oxygen atoms in total. The molecule has 1 unspecified atom stereocenters. The fraction of sp³-hybridized carbons (Fsp3) is 0.458. The maximum atomic E-state index is 12.2. The summed E-state index contributed by atoms with van der Waals surface area (Å²) in [5.41, 5.74) is 6.69. The van der Waals surface area contributed by atoms with Gasteiger partial charge in [-0.3, -0.25) is 4.90 Å². The van der Waals surface area contributed by atoms with Crippen LogP contribution in [-0.2, 0) is 6.42 Å². The summed E-state index contributed by atoms with van der Waals surface area (Å²) in [6.45, 7) is 10.5. The fourth-order valence-corrected chi connectivity index (χ4v) is 4.88. The summed E-state index contributed by atoms with van der Waals surface area (Å²) in [5.74, 6) is 1.33. The predicted octanol–water partition coefficient (Wildman–Crippen LogP) is 7.37. The Kier molecular flexibility index (Phi) is 7.05. The van der Waals surface area contributed by atoms with Gasteiger partial charge in [-0.05, 0) is 54.0 Å². The molecule has 0 radical (unpaired) electrons. The number of halogens is 3. The lowest BCUT2D eigenvalue weighted by molar-refractivity contribution is 0.202. The summed E-state index contributed by atoms with van der Waals surface area (Å²) in [7, 11) is 0. The average Bonchev–Trinajstić information content (AvgIpc) is 3.11. The molecule has 2 aromatic carbocycles. The minimum atomic E-state index is -1.73. The molecule has 7 heteroatoms. The molecular weight excluding hydrogens is 457 g/mol. The third-order valence-corrected chi connectivity index (χ3v) is 6.38. The summed E-state index contributed by atoms with van der Waals surface area (Å²) in [6.07, 6.45) is -0.446. The molecule has 2 aromatic rings. The van der Waals surface area contributed by atoms with E-state index in [4.69, 9.17) is 39.5 Å². The SMILES string of the molecule is CCc1c(C)c(N(CC(Cl)(Cl)Cl)C(=O)O)c(C)c2c1OCC2c1ccc(C(C)C)cc1. The maximum absolute atomic E-state index is 12.2. The number of ether oxygens (including phenoxy) is 1. The van der Waals surface area contributed by atoms with Gasteiger partial charge in [-0.15, -0.1) is 0 Å². The molecule has 0 saturated carbocycles. The van der Waals surface area contributed by atoms with E-state index in [9.17, 15) is 9.90 Å². The Morgan fingerprint density at radius 1 is 1.19 bits per heavy atom. The van der Waals surface area contributed by atoms with Crippen molar-refractivity contribution in [2.75, 3.05) is 18.1 Å². The molecule has 1 N–H and O–H groups in total. The molecule has 0 saturated heterocycles. The fourth-order valence-electron chi connectivity index (χ4n) is 4.52. The molecule has 1 heterocycles. The van der Waals surface area contributed by atoms with Gasteiger partial charge in [0.1, 0.15) is 5.75 Å². The molecule has 0 aliphatic carbocycles. The van der Waals surface area contributed by atoms with Gasteiger partial charge in [-0.25, -0.2) is 4.79 Å². The second-order valence-corrected chi connectivity index (χ2v) is 10.9. The van der Waals surface area contributed by atoms with Gasteiger partial charge in [-0.1, -0.05) is 79.8 Å². The normalized spacial score (nSPS) is 15.7. The van der Waals surface area contributed by atoms with Crippen molar-refractivity contribution in [2.45, 2.75) is 56.7 Å². The van der Waals surface area contributed by atoms with Gasteiger partial charge in [-0.2, -0.15) is 0 Å². The van der Waals surface area contributed by atoms with Crippen LogP contribution >= 0.6 is 34.8 Å². The Morgan fingerprint density at radius 3 is 2.29 bits per heavy atom. The molecule has 1 amide bonds. The average molecular weight is 485 g/mol. The highest BCUT2D eigenvalue weighted by Crippen LogP contribution is 2.48. The van der Waals surface area contributed by atoms with Gasteiger partial charge in [0.15, 0.2) is 0 Å². The number of alkyl halides is 3. The number of rotatable bonds is 5. The summed E-state index contributed by atoms with van der Waals surface area (Å²) >= 11 is 18.0. The first-order chi connectivity index (χ1) is 14.5. The number of anilines is 1. The molecule has 0 bridgehead atoms. The number of carbonyl (C=O) groups is 1. The van der Waals surface area contributed by atoms with Gasteiger partial charge in [0, 0.05) is 11.5 Å². The molecule has 31 heavy (non-hydrogen) atoms. The smallest absolute Gasteiger partial charge is 0.411 e. The number of fused-ring (bicyclic) bond motifs is 1. The van der Waals surface area contributed by atoms with Crippen molar-refractivity contribution < 1.29 is 14.6 Å². The lowest BCUT2D eigenvalue weighted by Crippen LogP contribution is -2.38. The quantitative estimate of drug-likeness (QED) is 0.451. The van der Waals surface area contributed by atoms with E-state index in [0.29, 0.717) is 24.6 Å². The van der Waals surface area contributed by atoms with E-state index in [1.807, 2.05) is 20.8 Å². The molecule has 1 aliphatic rings. The Hall–Kier alpha value is -1.62. The maximum Gasteiger partial charge on any atom is 0.411 e. The Morgan fingerprint density at radius 2 is 1.81 bits per heavy atom. The van der Waals surface area contributed by atoms with E-state index < -0.39 is 9.89 Å². The highest BCUT2D eigenvalue weighted by Gasteiger charge is 2.36. The largest absolute Gasteiger partial charge is 0.492 e. The zero-order valence-corrected chi connectivity index (χ0v) is 20.7. The Labute approximate surface area is 199 Å². The second-order valence-electron chi connectivity index (χ2n) is 8.34. The predicted molar refractivity (Wildman–Crippen MR) is 129 cm³/mol. The van der Waals surface area contributed by atoms with Crippen molar-refractivity contribution in [3.63, 3.8) is 0 Å². The van der Waals surface area contributed by atoms with Gasteiger partial charge in [0.25, 0.3) is 0 Å². The number of hydrogen-bond acceptors (Lipinski definition) is 2. The monoisotopic (exact) mass is 483 g/mol. The van der Waals surface area contributed by atoms with Crippen molar-refractivity contribution in [3.05, 3.63) is 57.6 Å². The van der Waals surface area contributed by atoms with Crippen LogP contribution in [0.1, 0.15) is 66.0 Å². The molecule has 0 aromatic heterocycles. The number of hydrogen-bond donors (Lipinski definition) is 1. The molecule has 1 aliphatic heterocycles. The molecular formula is C24H28Cl3NO3. The van der Waals surface area contributed by atoms with E-state index in [2.05, 4.69) is 38.1 Å². The number of benzene rings is 2. The van der Waals surface area contributed by atoms with E-state index in [1.165, 1.54) is 5.56 Å². The zero-order valence-electron chi connectivity index (χ0n) is 18.4. The van der Waals surface area contributed by atoms with E-state index >= 15 is 0 Å². The minimum Gasteiger partial charge on any atom is -0.492 e. The van der Waals surface area contributed by atoms with Crippen LogP contribution < -0.4 is 9.64 Å². The molecule has 0 fully saturated rings. The molecule has 1 atom stereocenters. The standard InChI is InChI=1S/C24H28Cl3NO3/c1-6-18-14(4)21(28(23(29)30)12-24(25,26)27)15(5)20-19(11-31-22(18)20)17-9-7-16(8-10-17)13(2)3/h7-10,13,19H,6,11-12H2,1-5H3,(H,29,30). The van der Waals surface area contributed by atoms with Crippen LogP contribution in [0, 0.1) is 13.8 Å². The summed E-state index contributed by atoms with van der Waals surface area (Å²) < 4.78 is 4.45. The number of nitrogens with zero attached hydrogens (tertiary/aromatic N) is 1. The van der Waals surface area contributed by atoms with Crippen LogP contribution in [0.4, 0.5) is 10.5 Å². The number of amides is 1. The first-order valence-electron chi connectivity index (χ1n) is 10.4. The van der Waals surface area contributed by atoms with Gasteiger partial charge < -0.3 is 9.84 Å². The second kappa shape index (κ2) is 9.09. The first-order valence-corrected chi connectivity index (χ1v) is 11.5. The minimum absolute atomic E-state index is 0.0178. The Balaban J connectivity index is 2.19. The van der Waals surface area contributed by atoms with E-state index in [-0.39, 0.29) is 12.5 Å². The van der Waals surface area contributed by atoms with Crippen molar-refractivity contribution in [1.82, 2.24) is 0 Å². The topological polar surface area (TPSA) is 49.8 Å². The van der Waals surface area contributed by atoms with Gasteiger partial charge >= 0.3 is 6.09 Å². The third kappa shape index (κ3) is 4.76. The summed E-state index contributed by atoms with van der Waals surface area (Å²) in [5, 5.41) is 9.94. The van der Waals surface area contributed by atoms with Crippen molar-refractivity contribution in [2.24, 2.45) is 0 Å². The van der Waals surface area contributed by atoms with Crippen molar-refractivity contribution >= 4 is 46.6 Å². The lowest BCUT2D eigenvalue weighted by Gasteiger charge is -2.29. The van der Waals surface area contributed by atoms with Crippen LogP contribution in [0.2, 0.25) is 0 Å². The van der Waals surface area contributed by atoms with E-state index in [1.54, 1.807) is 0 Å². The molecule has 0 spiro atoms. The zero-order chi connectivity index (χ0) is 23.1. The highest BCUT2D eigenvalue weighted by atomic mass is 35.6. The molecule has 3 rings (SSSR count). The van der Waals surface area contributed by atoms with Crippen LogP contribution in [0.25, 0.3) is 0 Å². The third-order valence-electron chi connectivity index (χ3n) is 6.03. The van der Waals surface area contributed by atoms with Crippen molar-refractivity contribution in [3.8, 4) is 5.75 Å². The summed E-state index contributed by atoms with van der Waals surface area (Å²) in [4.78, 5) is 13.3. The van der Waals surface area contributed by atoms with Crippen LogP contribution in [0.3, 0.4) is 0 Å². The highest BCUT2D eigenvalue weighted by molar-refractivity contribution is 6.68. The van der Waals surface area contributed by atoms with Gasteiger partial charge in [0.2, 0.25) is 3.79 Å². The van der Waals surface area contributed by atoms with Crippen LogP contribution in [0.5, 0.6) is 5.75 Å². The Bertz CT molecular complexity index is 981. The van der Waals surface area contributed by atoms with Crippen molar-refractivity contribution in [1.29, 1.82) is 0 Å². The first kappa shape index (κ1) is 24.0.